The Hall–Kier alpha value is -1.82. The van der Waals surface area contributed by atoms with E-state index in [-0.39, 0.29) is 6.10 Å². The summed E-state index contributed by atoms with van der Waals surface area (Å²) in [6.07, 6.45) is 9.03. The van der Waals surface area contributed by atoms with Gasteiger partial charge in [-0.2, -0.15) is 0 Å². The van der Waals surface area contributed by atoms with Crippen molar-refractivity contribution in [1.29, 1.82) is 0 Å². The molecule has 1 aliphatic heterocycles. The fraction of sp³-hybridized carbons (Fsp3) is 0.353. The summed E-state index contributed by atoms with van der Waals surface area (Å²) < 4.78 is 16.7. The number of aromatic nitrogens is 1. The van der Waals surface area contributed by atoms with Gasteiger partial charge in [0.2, 0.25) is 0 Å². The summed E-state index contributed by atoms with van der Waals surface area (Å²) in [5.41, 5.74) is 0. The number of ether oxygens (including phenoxy) is 2. The molecule has 1 atom stereocenters. The molecule has 0 amide bonds. The average molecular weight is 335 g/mol. The number of nitrogens with zero attached hydrogens (tertiary/aromatic N) is 2. The summed E-state index contributed by atoms with van der Waals surface area (Å²) in [6.45, 7) is 3.80. The Labute approximate surface area is 140 Å². The number of furan rings is 1. The molecule has 0 saturated carbocycles. The number of halogens is 1. The Morgan fingerprint density at radius 3 is 3.22 bits per heavy atom. The van der Waals surface area contributed by atoms with Crippen LogP contribution in [0, 0.1) is 0 Å². The minimum atomic E-state index is 0.0414. The number of hydrogen-bond acceptors (Lipinski definition) is 5. The summed E-state index contributed by atoms with van der Waals surface area (Å²) in [4.78, 5) is 6.33. The molecule has 1 fully saturated rings. The zero-order valence-corrected chi connectivity index (χ0v) is 13.5. The van der Waals surface area contributed by atoms with Crippen LogP contribution in [0.2, 0.25) is 5.02 Å². The quantitative estimate of drug-likeness (QED) is 0.812. The minimum Gasteiger partial charge on any atom is -0.489 e. The van der Waals surface area contributed by atoms with Gasteiger partial charge in [0.05, 0.1) is 24.1 Å². The molecule has 3 heterocycles. The number of morpholine rings is 1. The van der Waals surface area contributed by atoms with Crippen LogP contribution in [-0.2, 0) is 4.74 Å². The molecule has 1 unspecified atom stereocenters. The van der Waals surface area contributed by atoms with Crippen LogP contribution in [-0.4, -0.2) is 48.8 Å². The third kappa shape index (κ3) is 5.10. The van der Waals surface area contributed by atoms with Crippen molar-refractivity contribution < 1.29 is 13.9 Å². The number of hydrogen-bond donors (Lipinski definition) is 0. The van der Waals surface area contributed by atoms with Gasteiger partial charge in [-0.25, -0.2) is 0 Å². The molecular weight excluding hydrogens is 316 g/mol. The van der Waals surface area contributed by atoms with Gasteiger partial charge in [0.1, 0.15) is 24.2 Å². The van der Waals surface area contributed by atoms with Crippen LogP contribution >= 0.6 is 11.6 Å². The van der Waals surface area contributed by atoms with E-state index in [2.05, 4.69) is 16.0 Å². The van der Waals surface area contributed by atoms with Crippen molar-refractivity contribution >= 4 is 17.7 Å². The maximum atomic E-state index is 5.89. The van der Waals surface area contributed by atoms with Crippen molar-refractivity contribution in [3.63, 3.8) is 0 Å². The molecule has 2 aromatic rings. The van der Waals surface area contributed by atoms with E-state index in [0.29, 0.717) is 24.0 Å². The topological polar surface area (TPSA) is 47.7 Å². The Bertz CT molecular complexity index is 631. The van der Waals surface area contributed by atoms with E-state index in [1.165, 1.54) is 0 Å². The van der Waals surface area contributed by atoms with Crippen LogP contribution in [0.15, 0.2) is 47.3 Å². The Balaban J connectivity index is 1.44. The molecule has 122 valence electrons. The van der Waals surface area contributed by atoms with Crippen molar-refractivity contribution in [2.45, 2.75) is 6.10 Å². The molecule has 0 bridgehead atoms. The molecular formula is C17H19ClN2O3. The summed E-state index contributed by atoms with van der Waals surface area (Å²) in [6, 6.07) is 5.57. The number of pyridine rings is 1. The molecule has 0 N–H and O–H groups in total. The predicted octanol–water partition coefficient (Wildman–Crippen LogP) is 3.12. The smallest absolute Gasteiger partial charge is 0.139 e. The van der Waals surface area contributed by atoms with Crippen LogP contribution in [0.1, 0.15) is 5.76 Å². The highest BCUT2D eigenvalue weighted by atomic mass is 35.5. The highest BCUT2D eigenvalue weighted by Crippen LogP contribution is 2.16. The van der Waals surface area contributed by atoms with E-state index < -0.39 is 0 Å². The van der Waals surface area contributed by atoms with E-state index in [1.54, 1.807) is 24.7 Å². The first-order valence-corrected chi connectivity index (χ1v) is 7.95. The SMILES string of the molecule is Clc1cncc(OCC2CN(C/C=C\c3ccco3)CCO2)c1. The van der Waals surface area contributed by atoms with Crippen molar-refractivity contribution in [2.75, 3.05) is 32.8 Å². The predicted molar refractivity (Wildman–Crippen MR) is 88.7 cm³/mol. The van der Waals surface area contributed by atoms with Crippen molar-refractivity contribution in [3.05, 3.63) is 53.7 Å². The number of rotatable bonds is 6. The maximum absolute atomic E-state index is 5.89. The summed E-state index contributed by atoms with van der Waals surface area (Å²) in [5, 5.41) is 0.566. The summed E-state index contributed by atoms with van der Waals surface area (Å²) in [5.74, 6) is 1.53. The van der Waals surface area contributed by atoms with E-state index in [0.717, 1.165) is 25.4 Å². The second kappa shape index (κ2) is 8.15. The first-order chi connectivity index (χ1) is 11.3. The zero-order chi connectivity index (χ0) is 15.9. The van der Waals surface area contributed by atoms with Gasteiger partial charge in [0.25, 0.3) is 0 Å². The highest BCUT2D eigenvalue weighted by Gasteiger charge is 2.20. The fourth-order valence-electron chi connectivity index (χ4n) is 2.41. The van der Waals surface area contributed by atoms with Crippen molar-refractivity contribution in [2.24, 2.45) is 0 Å². The molecule has 0 spiro atoms. The van der Waals surface area contributed by atoms with Gasteiger partial charge in [-0.15, -0.1) is 0 Å². The second-order valence-electron chi connectivity index (χ2n) is 5.32. The highest BCUT2D eigenvalue weighted by molar-refractivity contribution is 6.30. The third-order valence-electron chi connectivity index (χ3n) is 3.53. The first-order valence-electron chi connectivity index (χ1n) is 7.57. The summed E-state index contributed by atoms with van der Waals surface area (Å²) in [7, 11) is 0. The lowest BCUT2D eigenvalue weighted by atomic mass is 10.2. The fourth-order valence-corrected chi connectivity index (χ4v) is 2.58. The maximum Gasteiger partial charge on any atom is 0.139 e. The molecule has 1 saturated heterocycles. The molecule has 2 aromatic heterocycles. The van der Waals surface area contributed by atoms with Crippen LogP contribution in [0.3, 0.4) is 0 Å². The van der Waals surface area contributed by atoms with Crippen LogP contribution in [0.5, 0.6) is 5.75 Å². The average Bonchev–Trinajstić information content (AvgIpc) is 3.07. The standard InChI is InChI=1S/C17H19ClN2O3/c18-14-9-16(11-19-10-14)23-13-17-12-20(6-8-22-17)5-1-3-15-4-2-7-21-15/h1-4,7,9-11,17H,5-6,8,12-13H2/b3-1-. The molecule has 0 aromatic carbocycles. The molecule has 6 heteroatoms. The Morgan fingerprint density at radius 2 is 2.39 bits per heavy atom. The largest absolute Gasteiger partial charge is 0.489 e. The van der Waals surface area contributed by atoms with Crippen LogP contribution < -0.4 is 4.74 Å². The van der Waals surface area contributed by atoms with Gasteiger partial charge < -0.3 is 13.9 Å². The van der Waals surface area contributed by atoms with Gasteiger partial charge in [0, 0.05) is 31.9 Å². The van der Waals surface area contributed by atoms with Crippen molar-refractivity contribution in [3.8, 4) is 5.75 Å². The van der Waals surface area contributed by atoms with Crippen molar-refractivity contribution in [1.82, 2.24) is 9.88 Å². The monoisotopic (exact) mass is 334 g/mol. The van der Waals surface area contributed by atoms with Gasteiger partial charge in [0.15, 0.2) is 0 Å². The molecule has 23 heavy (non-hydrogen) atoms. The lowest BCUT2D eigenvalue weighted by Crippen LogP contribution is -2.44. The van der Waals surface area contributed by atoms with Gasteiger partial charge >= 0.3 is 0 Å². The lowest BCUT2D eigenvalue weighted by molar-refractivity contribution is -0.0446. The van der Waals surface area contributed by atoms with Gasteiger partial charge in [-0.05, 0) is 18.2 Å². The Kier molecular flexibility index (Phi) is 5.69. The molecule has 1 aliphatic rings. The van der Waals surface area contributed by atoms with Gasteiger partial charge in [-0.3, -0.25) is 9.88 Å². The minimum absolute atomic E-state index is 0.0414. The zero-order valence-electron chi connectivity index (χ0n) is 12.7. The third-order valence-corrected chi connectivity index (χ3v) is 3.73. The lowest BCUT2D eigenvalue weighted by Gasteiger charge is -2.32. The normalized spacial score (nSPS) is 19.3. The van der Waals surface area contributed by atoms with E-state index in [9.17, 15) is 0 Å². The van der Waals surface area contributed by atoms with Gasteiger partial charge in [-0.1, -0.05) is 17.7 Å². The molecule has 3 rings (SSSR count). The van der Waals surface area contributed by atoms with E-state index >= 15 is 0 Å². The molecule has 0 aliphatic carbocycles. The summed E-state index contributed by atoms with van der Waals surface area (Å²) >= 11 is 5.89. The van der Waals surface area contributed by atoms with Crippen LogP contribution in [0.25, 0.3) is 6.08 Å². The van der Waals surface area contributed by atoms with E-state index in [1.807, 2.05) is 18.2 Å². The van der Waals surface area contributed by atoms with Crippen LogP contribution in [0.4, 0.5) is 0 Å². The first kappa shape index (κ1) is 16.1. The second-order valence-corrected chi connectivity index (χ2v) is 5.76. The Morgan fingerprint density at radius 1 is 1.43 bits per heavy atom. The van der Waals surface area contributed by atoms with E-state index in [4.69, 9.17) is 25.5 Å². The molecule has 0 radical (unpaired) electrons. The molecule has 5 nitrogen and oxygen atoms in total.